The SMILES string of the molecule is CNC(CC(C)C)C(=O)NC1C(=O)NC(CC(N)=O)C(=O)NC2C(=O)NC(c3ccc(O)cc3)C(=O)NC(C(=O)NC(C(=O)O)c3cccc(OC)c3)C(O)c3ccc(c(Cl)c3)Oc3cc2cc(c3OC2OC(CO)C(O)C(O)C2O)Oc2ccc(cc2Cl)C1O. The third-order valence-electron chi connectivity index (χ3n) is 15.0. The molecule has 10 rings (SSSR count). The van der Waals surface area contributed by atoms with Gasteiger partial charge in [0.05, 0.1) is 36.2 Å². The maximum atomic E-state index is 15.6. The normalized spacial score (nSPS) is 25.1. The molecule has 486 valence electrons. The molecule has 5 heterocycles. The van der Waals surface area contributed by atoms with Crippen molar-refractivity contribution in [2.45, 2.75) is 112 Å². The van der Waals surface area contributed by atoms with Gasteiger partial charge in [-0.25, -0.2) is 4.79 Å². The highest BCUT2D eigenvalue weighted by Crippen LogP contribution is 2.48. The number of rotatable bonds is 16. The summed E-state index contributed by atoms with van der Waals surface area (Å²) in [5, 5.41) is 105. The lowest BCUT2D eigenvalue weighted by Gasteiger charge is -2.39. The molecule has 31 heteroatoms. The Labute approximate surface area is 528 Å². The van der Waals surface area contributed by atoms with Gasteiger partial charge in [0.25, 0.3) is 0 Å². The number of ether oxygens (including phenoxy) is 5. The van der Waals surface area contributed by atoms with Gasteiger partial charge in [0.1, 0.15) is 89.8 Å². The summed E-state index contributed by atoms with van der Waals surface area (Å²) in [7, 11) is 2.80. The van der Waals surface area contributed by atoms with Gasteiger partial charge in [-0.05, 0) is 108 Å². The van der Waals surface area contributed by atoms with Crippen LogP contribution in [0.25, 0.3) is 0 Å². The summed E-state index contributed by atoms with van der Waals surface area (Å²) in [5.74, 6) is -12.9. The van der Waals surface area contributed by atoms with Crippen molar-refractivity contribution >= 4 is 70.5 Å². The largest absolute Gasteiger partial charge is 0.508 e. The molecule has 5 aliphatic heterocycles. The van der Waals surface area contributed by atoms with Crippen molar-refractivity contribution in [2.75, 3.05) is 20.8 Å². The third kappa shape index (κ3) is 15.8. The second kappa shape index (κ2) is 29.4. The van der Waals surface area contributed by atoms with E-state index in [1.54, 1.807) is 0 Å². The minimum absolute atomic E-state index is 0.0152. The minimum Gasteiger partial charge on any atom is -0.508 e. The Balaban J connectivity index is 1.37. The third-order valence-corrected chi connectivity index (χ3v) is 15.6. The van der Waals surface area contributed by atoms with E-state index in [1.807, 2.05) is 13.8 Å². The summed E-state index contributed by atoms with van der Waals surface area (Å²) in [6.07, 6.45) is -14.7. The molecular weight excluding hydrogens is 1240 g/mol. The Bertz CT molecular complexity index is 3560. The number of carboxylic acids is 1. The van der Waals surface area contributed by atoms with Crippen molar-refractivity contribution in [1.82, 2.24) is 37.2 Å². The summed E-state index contributed by atoms with van der Waals surface area (Å²) in [6, 6.07) is 5.87. The monoisotopic (exact) mass is 1300 g/mol. The number of hydrogen-bond donors (Lipinski definition) is 16. The molecule has 0 aromatic heterocycles. The van der Waals surface area contributed by atoms with Crippen molar-refractivity contribution < 1.29 is 103 Å². The zero-order valence-electron chi connectivity index (χ0n) is 48.7. The zero-order valence-corrected chi connectivity index (χ0v) is 50.2. The van der Waals surface area contributed by atoms with E-state index in [0.717, 1.165) is 42.5 Å². The number of aliphatic hydroxyl groups is 6. The van der Waals surface area contributed by atoms with Gasteiger partial charge in [0.15, 0.2) is 17.5 Å². The van der Waals surface area contributed by atoms with Crippen LogP contribution >= 0.6 is 23.2 Å². The number of nitrogens with one attached hydrogen (secondary N) is 7. The lowest BCUT2D eigenvalue weighted by molar-refractivity contribution is -0.277. The van der Waals surface area contributed by atoms with Gasteiger partial charge >= 0.3 is 5.97 Å². The number of likely N-dealkylation sites (N-methyl/N-ethyl adjacent to an activating group) is 1. The summed E-state index contributed by atoms with van der Waals surface area (Å²) < 4.78 is 30.1. The zero-order chi connectivity index (χ0) is 66.3. The number of carboxylic acid groups (broad SMARTS) is 1. The minimum atomic E-state index is -2.24. The average molecular weight is 1310 g/mol. The quantitative estimate of drug-likeness (QED) is 0.0639. The van der Waals surface area contributed by atoms with Crippen molar-refractivity contribution in [1.29, 1.82) is 0 Å². The number of amides is 7. The summed E-state index contributed by atoms with van der Waals surface area (Å²) in [4.78, 5) is 115. The topological polar surface area (TPSA) is 455 Å². The number of halogens is 2. The summed E-state index contributed by atoms with van der Waals surface area (Å²) >= 11 is 13.9. The average Bonchev–Trinajstić information content (AvgIpc) is 1.24. The fraction of sp³-hybridized carbons (Fsp3) is 0.367. The van der Waals surface area contributed by atoms with Gasteiger partial charge in [-0.15, -0.1) is 0 Å². The molecule has 14 atom stereocenters. The van der Waals surface area contributed by atoms with Gasteiger partial charge in [0, 0.05) is 0 Å². The maximum Gasteiger partial charge on any atom is 0.330 e. The number of phenols is 1. The fourth-order valence-corrected chi connectivity index (χ4v) is 10.6. The second-order valence-electron chi connectivity index (χ2n) is 21.8. The van der Waals surface area contributed by atoms with Crippen LogP contribution in [0.1, 0.15) is 84.8 Å². The molecule has 91 heavy (non-hydrogen) atoms. The van der Waals surface area contributed by atoms with E-state index < -0.39 is 173 Å². The molecule has 0 saturated carbocycles. The number of methoxy groups -OCH3 is 1. The van der Waals surface area contributed by atoms with E-state index >= 15 is 14.4 Å². The predicted octanol–water partition coefficient (Wildman–Crippen LogP) is 0.486. The van der Waals surface area contributed by atoms with Gasteiger partial charge in [-0.3, -0.25) is 33.6 Å². The van der Waals surface area contributed by atoms with Crippen molar-refractivity contribution in [3.63, 3.8) is 0 Å². The van der Waals surface area contributed by atoms with Crippen LogP contribution in [0.3, 0.4) is 0 Å². The number of benzene rings is 5. The van der Waals surface area contributed by atoms with Crippen LogP contribution < -0.4 is 61.9 Å². The molecule has 7 bridgehead atoms. The molecule has 14 unspecified atom stereocenters. The highest BCUT2D eigenvalue weighted by Gasteiger charge is 2.47. The van der Waals surface area contributed by atoms with Crippen molar-refractivity contribution in [3.8, 4) is 40.2 Å². The van der Waals surface area contributed by atoms with Crippen molar-refractivity contribution in [3.05, 3.63) is 135 Å². The van der Waals surface area contributed by atoms with E-state index in [4.69, 9.17) is 52.6 Å². The van der Waals surface area contributed by atoms with Gasteiger partial charge < -0.3 is 107 Å². The number of aromatic hydroxyl groups is 1. The first-order valence-corrected chi connectivity index (χ1v) is 28.8. The van der Waals surface area contributed by atoms with Crippen LogP contribution in [0, 0.1) is 5.92 Å². The molecule has 0 spiro atoms. The number of carbonyl (C=O) groups excluding carboxylic acids is 7. The van der Waals surface area contributed by atoms with Gasteiger partial charge in [-0.2, -0.15) is 0 Å². The number of primary amides is 1. The molecule has 7 amide bonds. The fourth-order valence-electron chi connectivity index (χ4n) is 10.1. The Morgan fingerprint density at radius 1 is 0.692 bits per heavy atom. The lowest BCUT2D eigenvalue weighted by Crippen LogP contribution is -2.60. The number of aliphatic carboxylic acids is 1. The van der Waals surface area contributed by atoms with Crippen LogP contribution in [-0.2, 0) is 43.1 Å². The first-order valence-electron chi connectivity index (χ1n) is 28.1. The number of hydrogen-bond acceptors (Lipinski definition) is 21. The molecule has 5 aromatic rings. The summed E-state index contributed by atoms with van der Waals surface area (Å²) in [5.41, 5.74) is 4.73. The smallest absolute Gasteiger partial charge is 0.330 e. The number of phenolic OH excluding ortho intramolecular Hbond substituents is 1. The molecule has 1 fully saturated rings. The summed E-state index contributed by atoms with van der Waals surface area (Å²) in [6.45, 7) is 2.72. The molecular formula is C60H66Cl2N8O21. The molecule has 29 nitrogen and oxygen atoms in total. The van der Waals surface area contributed by atoms with Crippen LogP contribution in [0.15, 0.2) is 97.1 Å². The van der Waals surface area contributed by atoms with Gasteiger partial charge in [-0.1, -0.05) is 73.4 Å². The van der Waals surface area contributed by atoms with Crippen molar-refractivity contribution in [2.24, 2.45) is 11.7 Å². The lowest BCUT2D eigenvalue weighted by atomic mass is 9.97. The molecule has 0 radical (unpaired) electrons. The van der Waals surface area contributed by atoms with E-state index in [1.165, 1.54) is 68.8 Å². The molecule has 0 aliphatic carbocycles. The Morgan fingerprint density at radius 2 is 1.27 bits per heavy atom. The second-order valence-corrected chi connectivity index (χ2v) is 22.7. The Kier molecular flexibility index (Phi) is 22.0. The number of aliphatic hydroxyl groups excluding tert-OH is 6. The van der Waals surface area contributed by atoms with Crippen LogP contribution in [0.2, 0.25) is 10.0 Å². The van der Waals surface area contributed by atoms with Gasteiger partial charge in [0.2, 0.25) is 53.4 Å². The van der Waals surface area contributed by atoms with Crippen LogP contribution in [-0.4, -0.2) is 164 Å². The van der Waals surface area contributed by atoms with Crippen LogP contribution in [0.4, 0.5) is 0 Å². The highest BCUT2D eigenvalue weighted by molar-refractivity contribution is 6.32. The molecule has 5 aliphatic rings. The van der Waals surface area contributed by atoms with E-state index in [-0.39, 0.29) is 62.6 Å². The molecule has 1 saturated heterocycles. The maximum absolute atomic E-state index is 15.6. The van der Waals surface area contributed by atoms with Crippen LogP contribution in [0.5, 0.6) is 40.2 Å². The first-order chi connectivity index (χ1) is 43.2. The Morgan fingerprint density at radius 3 is 1.84 bits per heavy atom. The number of carbonyl (C=O) groups is 8. The molecule has 17 N–H and O–H groups in total. The number of fused-ring (bicyclic) bond motifs is 16. The van der Waals surface area contributed by atoms with E-state index in [9.17, 15) is 64.8 Å². The van der Waals surface area contributed by atoms with E-state index in [2.05, 4.69) is 37.2 Å². The Hall–Kier alpha value is -8.88. The predicted molar refractivity (Wildman–Crippen MR) is 317 cm³/mol. The first kappa shape index (κ1) is 68.0. The number of nitrogens with two attached hydrogens (primary N) is 1. The molecule has 5 aromatic carbocycles. The standard InChI is InChI=1S/C60H66Cl2N8O21/c1-24(2)16-34(64-3)53(79)69-45-47(74)27-10-14-36(32(61)18-27)88-38-20-29-21-39(52(38)91-60-51(78)50(77)49(76)40(23-71)90-60)89-37-15-11-28(19-33(37)62)48(75)46(58(84)68-44(59(85)86)26-6-5-7-31(17-26)87-4)70-55(81)42(25-8-12-30(72)13-9-25)67-56(82)43(29)66-54(80)35(22-41(63)73)65-57(45)83/h5-15,17-21,24,34-35,40,42-51,60,64,71-72,74-78H,16,22-23H2,1-4H3,(H2,63,73)(H,65,83)(H,66,80)(H,67,82)(H,68,84)(H,69,79)(H,70,81)(H,85,86). The van der Waals surface area contributed by atoms with E-state index in [0.29, 0.717) is 0 Å². The highest BCUT2D eigenvalue weighted by atomic mass is 35.5.